The number of nitrogens with zero attached hydrogens (tertiary/aromatic N) is 2. The average Bonchev–Trinajstić information content (AvgIpc) is 2.77. The third-order valence-corrected chi connectivity index (χ3v) is 2.97. The number of hydrogen-bond acceptors (Lipinski definition) is 3. The van der Waals surface area contributed by atoms with Crippen LogP contribution >= 0.6 is 0 Å². The lowest BCUT2D eigenvalue weighted by Crippen LogP contribution is -2.35. The topological polar surface area (TPSA) is 46.9 Å². The van der Waals surface area contributed by atoms with Gasteiger partial charge in [0.05, 0.1) is 12.5 Å². The minimum atomic E-state index is 0.140. The summed E-state index contributed by atoms with van der Waals surface area (Å²) < 4.78 is 1.91. The quantitative estimate of drug-likeness (QED) is 0.755. The van der Waals surface area contributed by atoms with E-state index in [2.05, 4.69) is 10.3 Å². The molecule has 0 saturated carbocycles. The van der Waals surface area contributed by atoms with Crippen molar-refractivity contribution < 1.29 is 4.79 Å². The van der Waals surface area contributed by atoms with Crippen molar-refractivity contribution in [3.63, 3.8) is 0 Å². The molecule has 0 radical (unpaired) electrons. The molecule has 4 heteroatoms. The molecule has 2 rings (SSSR count). The first kappa shape index (κ1) is 10.4. The van der Waals surface area contributed by atoms with Crippen LogP contribution in [0, 0.1) is 5.92 Å². The highest BCUT2D eigenvalue weighted by atomic mass is 16.1. The molecule has 1 unspecified atom stereocenters. The second-order valence-corrected chi connectivity index (χ2v) is 3.97. The lowest BCUT2D eigenvalue weighted by Gasteiger charge is -2.21. The molecule has 1 fully saturated rings. The predicted octanol–water partition coefficient (Wildman–Crippen LogP) is 1.09. The Morgan fingerprint density at radius 2 is 2.60 bits per heavy atom. The van der Waals surface area contributed by atoms with Crippen molar-refractivity contribution in [1.29, 1.82) is 0 Å². The van der Waals surface area contributed by atoms with Gasteiger partial charge in [-0.3, -0.25) is 4.79 Å². The van der Waals surface area contributed by atoms with E-state index in [-0.39, 0.29) is 11.7 Å². The zero-order valence-electron chi connectivity index (χ0n) is 9.07. The molecule has 1 aliphatic rings. The molecule has 1 saturated heterocycles. The minimum Gasteiger partial charge on any atom is -0.328 e. The van der Waals surface area contributed by atoms with Crippen molar-refractivity contribution >= 4 is 5.78 Å². The number of carbonyl (C=O) groups excluding carboxylic acids is 1. The molecule has 0 aromatic carbocycles. The molecular weight excluding hydrogens is 190 g/mol. The fraction of sp³-hybridized carbons (Fsp3) is 0.636. The Labute approximate surface area is 89.7 Å². The Bertz CT molecular complexity index is 339. The number of nitrogens with one attached hydrogen (secondary N) is 1. The molecule has 4 nitrogen and oxygen atoms in total. The van der Waals surface area contributed by atoms with Crippen molar-refractivity contribution in [2.75, 3.05) is 13.1 Å². The normalized spacial score (nSPS) is 21.5. The van der Waals surface area contributed by atoms with E-state index in [1.54, 1.807) is 12.5 Å². The Morgan fingerprint density at radius 3 is 3.27 bits per heavy atom. The molecule has 2 heterocycles. The summed E-state index contributed by atoms with van der Waals surface area (Å²) in [6.07, 6.45) is 5.50. The van der Waals surface area contributed by atoms with Crippen LogP contribution in [0.5, 0.6) is 0 Å². The summed E-state index contributed by atoms with van der Waals surface area (Å²) in [7, 11) is 0. The number of piperidine rings is 1. The number of rotatable bonds is 3. The third kappa shape index (κ3) is 2.09. The van der Waals surface area contributed by atoms with E-state index in [0.717, 1.165) is 38.2 Å². The highest BCUT2D eigenvalue weighted by Crippen LogP contribution is 2.16. The van der Waals surface area contributed by atoms with Gasteiger partial charge in [0, 0.05) is 19.0 Å². The van der Waals surface area contributed by atoms with E-state index in [9.17, 15) is 4.79 Å². The van der Waals surface area contributed by atoms with Gasteiger partial charge in [-0.1, -0.05) is 0 Å². The fourth-order valence-electron chi connectivity index (χ4n) is 2.06. The number of ketones is 1. The summed E-state index contributed by atoms with van der Waals surface area (Å²) in [6, 6.07) is 0. The molecule has 1 atom stereocenters. The van der Waals surface area contributed by atoms with Crippen molar-refractivity contribution in [3.8, 4) is 0 Å². The highest BCUT2D eigenvalue weighted by Gasteiger charge is 2.24. The summed E-state index contributed by atoms with van der Waals surface area (Å²) in [6.45, 7) is 4.68. The smallest absolute Gasteiger partial charge is 0.185 e. The fourth-order valence-corrected chi connectivity index (χ4v) is 2.06. The first-order valence-corrected chi connectivity index (χ1v) is 5.58. The van der Waals surface area contributed by atoms with Crippen LogP contribution in [0.15, 0.2) is 12.5 Å². The molecule has 0 bridgehead atoms. The highest BCUT2D eigenvalue weighted by molar-refractivity contribution is 5.96. The molecule has 1 aliphatic heterocycles. The average molecular weight is 207 g/mol. The lowest BCUT2D eigenvalue weighted by atomic mass is 9.93. The van der Waals surface area contributed by atoms with Gasteiger partial charge in [0.1, 0.15) is 5.69 Å². The summed E-state index contributed by atoms with van der Waals surface area (Å²) >= 11 is 0. The summed E-state index contributed by atoms with van der Waals surface area (Å²) in [5.74, 6) is 0.377. The minimum absolute atomic E-state index is 0.140. The van der Waals surface area contributed by atoms with Crippen LogP contribution in [0.2, 0.25) is 0 Å². The number of hydrogen-bond donors (Lipinski definition) is 1. The SMILES string of the molecule is CCn1cncc1C(=O)C1CCCNC1. The Morgan fingerprint density at radius 1 is 1.73 bits per heavy atom. The lowest BCUT2D eigenvalue weighted by molar-refractivity contribution is 0.0890. The molecule has 0 aliphatic carbocycles. The van der Waals surface area contributed by atoms with Gasteiger partial charge in [0.2, 0.25) is 0 Å². The van der Waals surface area contributed by atoms with Crippen molar-refractivity contribution in [1.82, 2.24) is 14.9 Å². The van der Waals surface area contributed by atoms with E-state index in [1.807, 2.05) is 11.5 Å². The van der Waals surface area contributed by atoms with Crippen LogP contribution < -0.4 is 5.32 Å². The van der Waals surface area contributed by atoms with Gasteiger partial charge in [-0.2, -0.15) is 0 Å². The molecule has 1 aromatic heterocycles. The van der Waals surface area contributed by atoms with Gasteiger partial charge >= 0.3 is 0 Å². The molecule has 82 valence electrons. The van der Waals surface area contributed by atoms with Crippen LogP contribution in [-0.4, -0.2) is 28.4 Å². The van der Waals surface area contributed by atoms with E-state index in [4.69, 9.17) is 0 Å². The van der Waals surface area contributed by atoms with E-state index in [1.165, 1.54) is 0 Å². The van der Waals surface area contributed by atoms with Gasteiger partial charge in [-0.05, 0) is 26.3 Å². The number of imidazole rings is 1. The maximum Gasteiger partial charge on any atom is 0.185 e. The summed E-state index contributed by atoms with van der Waals surface area (Å²) in [5.41, 5.74) is 0.756. The van der Waals surface area contributed by atoms with Gasteiger partial charge in [-0.25, -0.2) is 4.98 Å². The zero-order chi connectivity index (χ0) is 10.7. The van der Waals surface area contributed by atoms with Crippen LogP contribution in [0.4, 0.5) is 0 Å². The van der Waals surface area contributed by atoms with E-state index in [0.29, 0.717) is 0 Å². The molecule has 1 aromatic rings. The van der Waals surface area contributed by atoms with Crippen LogP contribution in [0.3, 0.4) is 0 Å². The largest absolute Gasteiger partial charge is 0.328 e. The van der Waals surface area contributed by atoms with Crippen LogP contribution in [0.1, 0.15) is 30.3 Å². The predicted molar refractivity (Wildman–Crippen MR) is 57.8 cm³/mol. The Hall–Kier alpha value is -1.16. The first-order valence-electron chi connectivity index (χ1n) is 5.58. The van der Waals surface area contributed by atoms with Crippen molar-refractivity contribution in [3.05, 3.63) is 18.2 Å². The monoisotopic (exact) mass is 207 g/mol. The molecule has 15 heavy (non-hydrogen) atoms. The standard InChI is InChI=1S/C11H17N3O/c1-2-14-8-13-7-10(14)11(15)9-4-3-5-12-6-9/h7-9,12H,2-6H2,1H3. The Balaban J connectivity index is 2.12. The first-order chi connectivity index (χ1) is 7.33. The summed E-state index contributed by atoms with van der Waals surface area (Å²) in [5, 5.41) is 3.26. The zero-order valence-corrected chi connectivity index (χ0v) is 9.07. The molecular formula is C11H17N3O. The maximum atomic E-state index is 12.1. The molecule has 0 amide bonds. The van der Waals surface area contributed by atoms with Gasteiger partial charge in [0.25, 0.3) is 0 Å². The van der Waals surface area contributed by atoms with E-state index >= 15 is 0 Å². The van der Waals surface area contributed by atoms with Crippen LogP contribution in [-0.2, 0) is 6.54 Å². The third-order valence-electron chi connectivity index (χ3n) is 2.97. The van der Waals surface area contributed by atoms with Gasteiger partial charge in [0.15, 0.2) is 5.78 Å². The molecule has 1 N–H and O–H groups in total. The number of aryl methyl sites for hydroxylation is 1. The summed E-state index contributed by atoms with van der Waals surface area (Å²) in [4.78, 5) is 16.2. The number of carbonyl (C=O) groups is 1. The van der Waals surface area contributed by atoms with Crippen molar-refractivity contribution in [2.45, 2.75) is 26.3 Å². The maximum absolute atomic E-state index is 12.1. The number of Topliss-reactive ketones (excluding diaryl/α,β-unsaturated/α-hetero) is 1. The Kier molecular flexibility index (Phi) is 3.16. The number of aromatic nitrogens is 2. The molecule has 0 spiro atoms. The van der Waals surface area contributed by atoms with Crippen molar-refractivity contribution in [2.24, 2.45) is 5.92 Å². The van der Waals surface area contributed by atoms with Gasteiger partial charge in [-0.15, -0.1) is 0 Å². The van der Waals surface area contributed by atoms with E-state index < -0.39 is 0 Å². The van der Waals surface area contributed by atoms with Crippen LogP contribution in [0.25, 0.3) is 0 Å². The van der Waals surface area contributed by atoms with Gasteiger partial charge < -0.3 is 9.88 Å². The second-order valence-electron chi connectivity index (χ2n) is 3.97. The second kappa shape index (κ2) is 4.57.